The third-order valence-corrected chi connectivity index (χ3v) is 4.37. The van der Waals surface area contributed by atoms with Crippen LogP contribution in [-0.2, 0) is 4.79 Å². The van der Waals surface area contributed by atoms with E-state index in [2.05, 4.69) is 17.2 Å². The maximum atomic E-state index is 11.8. The number of carbonyl (C=O) groups is 1. The molecule has 1 saturated carbocycles. The Labute approximate surface area is 144 Å². The molecule has 0 bridgehead atoms. The number of ether oxygens (including phenoxy) is 2. The highest BCUT2D eigenvalue weighted by Crippen LogP contribution is 2.27. The average Bonchev–Trinajstić information content (AvgIpc) is 2.64. The van der Waals surface area contributed by atoms with Crippen LogP contribution < -0.4 is 14.8 Å². The highest BCUT2D eigenvalue weighted by atomic mass is 16.5. The molecule has 1 amide bonds. The maximum Gasteiger partial charge on any atom is 0.220 e. The summed E-state index contributed by atoms with van der Waals surface area (Å²) in [7, 11) is 1.61. The van der Waals surface area contributed by atoms with Gasteiger partial charge in [0.1, 0.15) is 6.61 Å². The van der Waals surface area contributed by atoms with E-state index < -0.39 is 0 Å². The van der Waals surface area contributed by atoms with E-state index in [1.54, 1.807) is 7.11 Å². The van der Waals surface area contributed by atoms with Gasteiger partial charge in [0.2, 0.25) is 5.91 Å². The number of hydrogen-bond donors (Lipinski definition) is 1. The van der Waals surface area contributed by atoms with Gasteiger partial charge in [-0.3, -0.25) is 4.79 Å². The molecule has 24 heavy (non-hydrogen) atoms. The molecule has 1 aromatic carbocycles. The Morgan fingerprint density at radius 2 is 1.92 bits per heavy atom. The summed E-state index contributed by atoms with van der Waals surface area (Å²) >= 11 is 0. The predicted octanol–water partition coefficient (Wildman–Crippen LogP) is 3.55. The summed E-state index contributed by atoms with van der Waals surface area (Å²) in [5, 5.41) is 2.85. The van der Waals surface area contributed by atoms with Crippen LogP contribution in [0.15, 0.2) is 24.3 Å². The SMILES string of the molecule is COc1ccccc1OCC#CCNC(=O)CCC1CCCCC1. The second-order valence-corrected chi connectivity index (χ2v) is 6.11. The van der Waals surface area contributed by atoms with Gasteiger partial charge in [0, 0.05) is 6.42 Å². The van der Waals surface area contributed by atoms with Gasteiger partial charge in [-0.2, -0.15) is 0 Å². The van der Waals surface area contributed by atoms with Crippen LogP contribution in [0.1, 0.15) is 44.9 Å². The van der Waals surface area contributed by atoms with Crippen molar-refractivity contribution in [3.05, 3.63) is 24.3 Å². The van der Waals surface area contributed by atoms with E-state index in [1.807, 2.05) is 24.3 Å². The number of para-hydroxylation sites is 2. The normalized spacial score (nSPS) is 14.4. The standard InChI is InChI=1S/C20H27NO3/c1-23-18-11-5-6-12-19(18)24-16-8-7-15-21-20(22)14-13-17-9-3-2-4-10-17/h5-6,11-12,17H,2-4,9-10,13-16H2,1H3,(H,21,22). The fraction of sp³-hybridized carbons (Fsp3) is 0.550. The third kappa shape index (κ3) is 6.54. The largest absolute Gasteiger partial charge is 0.493 e. The molecule has 1 aliphatic rings. The van der Waals surface area contributed by atoms with Crippen LogP contribution >= 0.6 is 0 Å². The first-order valence-electron chi connectivity index (χ1n) is 8.78. The van der Waals surface area contributed by atoms with E-state index >= 15 is 0 Å². The molecule has 0 aliphatic heterocycles. The minimum Gasteiger partial charge on any atom is -0.493 e. The summed E-state index contributed by atoms with van der Waals surface area (Å²) in [6.45, 7) is 0.650. The molecule has 4 nitrogen and oxygen atoms in total. The summed E-state index contributed by atoms with van der Waals surface area (Å²) < 4.78 is 10.8. The molecule has 0 aromatic heterocycles. The molecule has 1 aromatic rings. The molecule has 130 valence electrons. The number of hydrogen-bond acceptors (Lipinski definition) is 3. The first-order chi connectivity index (χ1) is 11.8. The molecule has 4 heteroatoms. The smallest absolute Gasteiger partial charge is 0.220 e. The van der Waals surface area contributed by atoms with Crippen LogP contribution in [0, 0.1) is 17.8 Å². The van der Waals surface area contributed by atoms with Gasteiger partial charge < -0.3 is 14.8 Å². The Morgan fingerprint density at radius 1 is 1.17 bits per heavy atom. The fourth-order valence-corrected chi connectivity index (χ4v) is 3.01. The van der Waals surface area contributed by atoms with Gasteiger partial charge in [-0.05, 0) is 24.5 Å². The van der Waals surface area contributed by atoms with Crippen molar-refractivity contribution in [3.8, 4) is 23.3 Å². The van der Waals surface area contributed by atoms with Crippen LogP contribution in [0.25, 0.3) is 0 Å². The van der Waals surface area contributed by atoms with Crippen LogP contribution in [0.3, 0.4) is 0 Å². The lowest BCUT2D eigenvalue weighted by atomic mass is 9.86. The highest BCUT2D eigenvalue weighted by Gasteiger charge is 2.14. The van der Waals surface area contributed by atoms with E-state index in [0.29, 0.717) is 24.5 Å². The second-order valence-electron chi connectivity index (χ2n) is 6.11. The fourth-order valence-electron chi connectivity index (χ4n) is 3.01. The average molecular weight is 329 g/mol. The van der Waals surface area contributed by atoms with E-state index in [4.69, 9.17) is 9.47 Å². The van der Waals surface area contributed by atoms with Gasteiger partial charge in [-0.15, -0.1) is 0 Å². The predicted molar refractivity (Wildman–Crippen MR) is 95.1 cm³/mol. The van der Waals surface area contributed by atoms with Crippen molar-refractivity contribution in [2.45, 2.75) is 44.9 Å². The molecule has 1 N–H and O–H groups in total. The minimum absolute atomic E-state index is 0.0977. The van der Waals surface area contributed by atoms with Crippen molar-refractivity contribution in [3.63, 3.8) is 0 Å². The molecular formula is C20H27NO3. The van der Waals surface area contributed by atoms with Gasteiger partial charge in [-0.25, -0.2) is 0 Å². The monoisotopic (exact) mass is 329 g/mol. The lowest BCUT2D eigenvalue weighted by Gasteiger charge is -2.20. The van der Waals surface area contributed by atoms with Crippen LogP contribution in [0.4, 0.5) is 0 Å². The Balaban J connectivity index is 1.58. The van der Waals surface area contributed by atoms with Gasteiger partial charge in [0.25, 0.3) is 0 Å². The quantitative estimate of drug-likeness (QED) is 0.778. The molecular weight excluding hydrogens is 302 g/mol. The third-order valence-electron chi connectivity index (χ3n) is 4.37. The number of methoxy groups -OCH3 is 1. The van der Waals surface area contributed by atoms with Crippen molar-refractivity contribution < 1.29 is 14.3 Å². The van der Waals surface area contributed by atoms with Crippen molar-refractivity contribution in [2.75, 3.05) is 20.3 Å². The van der Waals surface area contributed by atoms with Crippen molar-refractivity contribution >= 4 is 5.91 Å². The van der Waals surface area contributed by atoms with E-state index in [1.165, 1.54) is 32.1 Å². The van der Waals surface area contributed by atoms with E-state index in [-0.39, 0.29) is 12.5 Å². The summed E-state index contributed by atoms with van der Waals surface area (Å²) in [5.41, 5.74) is 0. The number of carbonyl (C=O) groups excluding carboxylic acids is 1. The van der Waals surface area contributed by atoms with E-state index in [9.17, 15) is 4.79 Å². The number of amides is 1. The zero-order valence-electron chi connectivity index (χ0n) is 14.5. The zero-order chi connectivity index (χ0) is 17.0. The minimum atomic E-state index is 0.0977. The first-order valence-corrected chi connectivity index (χ1v) is 8.78. The number of nitrogens with one attached hydrogen (secondary N) is 1. The van der Waals surface area contributed by atoms with Gasteiger partial charge >= 0.3 is 0 Å². The second kappa shape index (κ2) is 10.6. The highest BCUT2D eigenvalue weighted by molar-refractivity contribution is 5.76. The van der Waals surface area contributed by atoms with Crippen molar-refractivity contribution in [1.29, 1.82) is 0 Å². The molecule has 1 aliphatic carbocycles. The Bertz CT molecular complexity index is 568. The lowest BCUT2D eigenvalue weighted by Crippen LogP contribution is -2.24. The molecule has 0 atom stereocenters. The van der Waals surface area contributed by atoms with Crippen LogP contribution in [0.5, 0.6) is 11.5 Å². The molecule has 0 saturated heterocycles. The molecule has 1 fully saturated rings. The van der Waals surface area contributed by atoms with Crippen molar-refractivity contribution in [2.24, 2.45) is 5.92 Å². The van der Waals surface area contributed by atoms with Gasteiger partial charge in [-0.1, -0.05) is 56.1 Å². The molecule has 0 unspecified atom stereocenters. The number of benzene rings is 1. The Hall–Kier alpha value is -2.15. The summed E-state index contributed by atoms with van der Waals surface area (Å²) in [6, 6.07) is 7.46. The Kier molecular flexibility index (Phi) is 8.03. The summed E-state index contributed by atoms with van der Waals surface area (Å²) in [4.78, 5) is 11.8. The number of rotatable bonds is 7. The Morgan fingerprint density at radius 3 is 2.67 bits per heavy atom. The molecule has 0 spiro atoms. The molecule has 0 radical (unpaired) electrons. The first kappa shape index (κ1) is 18.2. The molecule has 0 heterocycles. The summed E-state index contributed by atoms with van der Waals surface area (Å²) in [6.07, 6.45) is 8.20. The topological polar surface area (TPSA) is 47.6 Å². The lowest BCUT2D eigenvalue weighted by molar-refractivity contribution is -0.121. The van der Waals surface area contributed by atoms with Gasteiger partial charge in [0.15, 0.2) is 11.5 Å². The van der Waals surface area contributed by atoms with Gasteiger partial charge in [0.05, 0.1) is 13.7 Å². The zero-order valence-corrected chi connectivity index (χ0v) is 14.5. The molecule has 2 rings (SSSR count). The van der Waals surface area contributed by atoms with Crippen LogP contribution in [0.2, 0.25) is 0 Å². The maximum absolute atomic E-state index is 11.8. The van der Waals surface area contributed by atoms with E-state index in [0.717, 1.165) is 12.3 Å². The van der Waals surface area contributed by atoms with Crippen LogP contribution in [-0.4, -0.2) is 26.2 Å². The summed E-state index contributed by atoms with van der Waals surface area (Å²) in [5.74, 6) is 8.02. The van der Waals surface area contributed by atoms with Crippen molar-refractivity contribution in [1.82, 2.24) is 5.32 Å².